The van der Waals surface area contributed by atoms with Gasteiger partial charge in [-0.1, -0.05) is 13.8 Å². The summed E-state index contributed by atoms with van der Waals surface area (Å²) in [5.74, 6) is -0.0132. The Hall–Kier alpha value is -1.10. The predicted octanol–water partition coefficient (Wildman–Crippen LogP) is 0.494. The molecule has 2 rings (SSSR count). The number of nitrogens with one attached hydrogen (secondary N) is 1. The van der Waals surface area contributed by atoms with Crippen molar-refractivity contribution in [2.24, 2.45) is 5.92 Å². The Morgan fingerprint density at radius 3 is 2.76 bits per heavy atom. The molecule has 0 saturated carbocycles. The predicted molar refractivity (Wildman–Crippen MR) is 62.1 cm³/mol. The fourth-order valence-corrected chi connectivity index (χ4v) is 2.75. The molecule has 0 aromatic rings. The van der Waals surface area contributed by atoms with Gasteiger partial charge in [0.2, 0.25) is 5.91 Å². The summed E-state index contributed by atoms with van der Waals surface area (Å²) in [7, 11) is 1.37. The third kappa shape index (κ3) is 2.04. The summed E-state index contributed by atoms with van der Waals surface area (Å²) < 4.78 is 4.78. The van der Waals surface area contributed by atoms with Crippen LogP contribution in [0.1, 0.15) is 33.1 Å². The molecule has 2 aliphatic heterocycles. The minimum Gasteiger partial charge on any atom is -0.467 e. The lowest BCUT2D eigenvalue weighted by atomic mass is 10.00. The minimum atomic E-state index is -0.400. The summed E-state index contributed by atoms with van der Waals surface area (Å²) in [6, 6.07) is -0.562. The number of carbonyl (C=O) groups excluding carboxylic acids is 2. The van der Waals surface area contributed by atoms with Gasteiger partial charge < -0.3 is 9.64 Å². The molecule has 0 aromatic heterocycles. The van der Waals surface area contributed by atoms with E-state index in [4.69, 9.17) is 4.74 Å². The molecule has 2 fully saturated rings. The molecule has 5 heteroatoms. The Morgan fingerprint density at radius 1 is 1.47 bits per heavy atom. The van der Waals surface area contributed by atoms with Crippen molar-refractivity contribution in [1.29, 1.82) is 0 Å². The molecule has 0 aliphatic carbocycles. The molecule has 2 saturated heterocycles. The van der Waals surface area contributed by atoms with Gasteiger partial charge in [-0.05, 0) is 25.2 Å². The van der Waals surface area contributed by atoms with Crippen molar-refractivity contribution in [3.63, 3.8) is 0 Å². The van der Waals surface area contributed by atoms with Crippen LogP contribution in [0.25, 0.3) is 0 Å². The molecule has 1 N–H and O–H groups in total. The van der Waals surface area contributed by atoms with E-state index in [1.165, 1.54) is 7.11 Å². The number of esters is 1. The number of ether oxygens (including phenoxy) is 1. The van der Waals surface area contributed by atoms with Gasteiger partial charge in [-0.25, -0.2) is 4.79 Å². The lowest BCUT2D eigenvalue weighted by molar-refractivity contribution is -0.154. The van der Waals surface area contributed by atoms with E-state index in [-0.39, 0.29) is 30.0 Å². The van der Waals surface area contributed by atoms with Crippen molar-refractivity contribution >= 4 is 11.9 Å². The van der Waals surface area contributed by atoms with Crippen LogP contribution in [-0.4, -0.2) is 42.1 Å². The van der Waals surface area contributed by atoms with Crippen LogP contribution in [0.4, 0.5) is 0 Å². The normalized spacial score (nSPS) is 32.8. The van der Waals surface area contributed by atoms with Crippen molar-refractivity contribution in [1.82, 2.24) is 10.2 Å². The van der Waals surface area contributed by atoms with E-state index in [0.717, 1.165) is 12.8 Å². The number of hydrogen-bond donors (Lipinski definition) is 1. The second-order valence-corrected chi connectivity index (χ2v) is 5.12. The first-order valence-corrected chi connectivity index (χ1v) is 6.22. The van der Waals surface area contributed by atoms with Crippen molar-refractivity contribution in [2.45, 2.75) is 51.4 Å². The van der Waals surface area contributed by atoms with Crippen molar-refractivity contribution in [3.05, 3.63) is 0 Å². The standard InChI is InChI=1S/C12H20N2O3/c1-7(2)10-11(15)14-8(12(16)17-3)5-4-6-9(14)13-10/h7-10,13H,4-6H2,1-3H3/t8-,9-,10+/m0/s1. The zero-order valence-corrected chi connectivity index (χ0v) is 10.6. The van der Waals surface area contributed by atoms with Gasteiger partial charge in [0.25, 0.3) is 0 Å². The molecule has 3 atom stereocenters. The number of nitrogens with zero attached hydrogens (tertiary/aromatic N) is 1. The van der Waals surface area contributed by atoms with Crippen molar-refractivity contribution < 1.29 is 14.3 Å². The molecule has 17 heavy (non-hydrogen) atoms. The maximum atomic E-state index is 12.3. The van der Waals surface area contributed by atoms with Gasteiger partial charge in [-0.2, -0.15) is 0 Å². The molecule has 96 valence electrons. The molecule has 1 amide bonds. The van der Waals surface area contributed by atoms with Crippen LogP contribution >= 0.6 is 0 Å². The maximum Gasteiger partial charge on any atom is 0.328 e. The first-order chi connectivity index (χ1) is 8.06. The average Bonchev–Trinajstić information content (AvgIpc) is 2.66. The maximum absolute atomic E-state index is 12.3. The third-order valence-corrected chi connectivity index (χ3v) is 3.66. The second-order valence-electron chi connectivity index (χ2n) is 5.12. The number of methoxy groups -OCH3 is 1. The fraction of sp³-hybridized carbons (Fsp3) is 0.833. The molecule has 5 nitrogen and oxygen atoms in total. The van der Waals surface area contributed by atoms with Crippen LogP contribution < -0.4 is 5.32 Å². The smallest absolute Gasteiger partial charge is 0.328 e. The molecule has 0 aromatic carbocycles. The van der Waals surface area contributed by atoms with Crippen LogP contribution in [-0.2, 0) is 14.3 Å². The quantitative estimate of drug-likeness (QED) is 0.714. The Morgan fingerprint density at radius 2 is 2.18 bits per heavy atom. The zero-order valence-electron chi connectivity index (χ0n) is 10.6. The van der Waals surface area contributed by atoms with E-state index in [1.807, 2.05) is 13.8 Å². The molecule has 2 aliphatic rings. The number of rotatable bonds is 2. The molecular formula is C12H20N2O3. The van der Waals surface area contributed by atoms with Gasteiger partial charge in [0.15, 0.2) is 0 Å². The Bertz CT molecular complexity index is 330. The molecule has 2 heterocycles. The van der Waals surface area contributed by atoms with E-state index in [0.29, 0.717) is 6.42 Å². The van der Waals surface area contributed by atoms with Crippen LogP contribution in [0.3, 0.4) is 0 Å². The molecule has 0 radical (unpaired) electrons. The second kappa shape index (κ2) is 4.64. The topological polar surface area (TPSA) is 58.6 Å². The summed E-state index contributed by atoms with van der Waals surface area (Å²) in [6.45, 7) is 4.03. The van der Waals surface area contributed by atoms with Gasteiger partial charge in [-0.15, -0.1) is 0 Å². The lowest BCUT2D eigenvalue weighted by Gasteiger charge is -2.35. The van der Waals surface area contributed by atoms with Crippen LogP contribution in [0, 0.1) is 5.92 Å². The van der Waals surface area contributed by atoms with E-state index >= 15 is 0 Å². The zero-order chi connectivity index (χ0) is 12.6. The van der Waals surface area contributed by atoms with Crippen molar-refractivity contribution in [3.8, 4) is 0 Å². The largest absolute Gasteiger partial charge is 0.467 e. The van der Waals surface area contributed by atoms with Crippen LogP contribution in [0.2, 0.25) is 0 Å². The Labute approximate surface area is 101 Å². The summed E-state index contributed by atoms with van der Waals surface area (Å²) in [5, 5.41) is 3.32. The number of amides is 1. The number of piperidine rings is 1. The highest BCUT2D eigenvalue weighted by atomic mass is 16.5. The van der Waals surface area contributed by atoms with Crippen LogP contribution in [0.5, 0.6) is 0 Å². The van der Waals surface area contributed by atoms with Gasteiger partial charge >= 0.3 is 5.97 Å². The van der Waals surface area contributed by atoms with Gasteiger partial charge in [0, 0.05) is 0 Å². The summed E-state index contributed by atoms with van der Waals surface area (Å²) in [5.41, 5.74) is 0. The molecule has 0 unspecified atom stereocenters. The number of hydrogen-bond acceptors (Lipinski definition) is 4. The monoisotopic (exact) mass is 240 g/mol. The van der Waals surface area contributed by atoms with E-state index < -0.39 is 6.04 Å². The minimum absolute atomic E-state index is 0.00718. The summed E-state index contributed by atoms with van der Waals surface area (Å²) in [6.07, 6.45) is 2.59. The number of carbonyl (C=O) groups is 2. The highest BCUT2D eigenvalue weighted by molar-refractivity contribution is 5.90. The first kappa shape index (κ1) is 12.4. The summed E-state index contributed by atoms with van der Waals surface area (Å²) >= 11 is 0. The molecule has 0 spiro atoms. The van der Waals surface area contributed by atoms with Crippen molar-refractivity contribution in [2.75, 3.05) is 7.11 Å². The fourth-order valence-electron chi connectivity index (χ4n) is 2.75. The van der Waals surface area contributed by atoms with E-state index in [9.17, 15) is 9.59 Å². The Kier molecular flexibility index (Phi) is 3.38. The number of fused-ring (bicyclic) bond motifs is 1. The summed E-state index contributed by atoms with van der Waals surface area (Å²) in [4.78, 5) is 25.6. The highest BCUT2D eigenvalue weighted by Crippen LogP contribution is 2.29. The third-order valence-electron chi connectivity index (χ3n) is 3.66. The Balaban J connectivity index is 2.19. The van der Waals surface area contributed by atoms with Crippen LogP contribution in [0.15, 0.2) is 0 Å². The first-order valence-electron chi connectivity index (χ1n) is 6.22. The van der Waals surface area contributed by atoms with Gasteiger partial charge in [-0.3, -0.25) is 10.1 Å². The SMILES string of the molecule is COC(=O)[C@@H]1CCC[C@H]2N[C@H](C(C)C)C(=O)N21. The average molecular weight is 240 g/mol. The van der Waals surface area contributed by atoms with Gasteiger partial charge in [0.1, 0.15) is 6.04 Å². The van der Waals surface area contributed by atoms with E-state index in [1.54, 1.807) is 4.90 Å². The van der Waals surface area contributed by atoms with E-state index in [2.05, 4.69) is 5.32 Å². The van der Waals surface area contributed by atoms with Gasteiger partial charge in [0.05, 0.1) is 19.3 Å². The lowest BCUT2D eigenvalue weighted by Crippen LogP contribution is -2.51. The molecular weight excluding hydrogens is 220 g/mol. The molecule has 0 bridgehead atoms. The highest BCUT2D eigenvalue weighted by Gasteiger charge is 2.47.